The normalized spacial score (nSPS) is 10.1. The third-order valence-electron chi connectivity index (χ3n) is 3.58. The summed E-state index contributed by atoms with van der Waals surface area (Å²) in [7, 11) is 4.68. The Morgan fingerprint density at radius 3 is 2.20 bits per heavy atom. The number of carbonyl (C=O) groups excluding carboxylic acids is 1. The fourth-order valence-electron chi connectivity index (χ4n) is 2.26. The van der Waals surface area contributed by atoms with Gasteiger partial charge >= 0.3 is 0 Å². The highest BCUT2D eigenvalue weighted by molar-refractivity contribution is 5.95. The molecule has 6 heteroatoms. The number of amides is 1. The van der Waals surface area contributed by atoms with Gasteiger partial charge < -0.3 is 24.3 Å². The molecule has 0 bridgehead atoms. The molecule has 1 amide bonds. The number of benzene rings is 2. The summed E-state index contributed by atoms with van der Waals surface area (Å²) in [5.74, 6) is 2.21. The van der Waals surface area contributed by atoms with Crippen LogP contribution in [0.1, 0.15) is 15.9 Å². The summed E-state index contributed by atoms with van der Waals surface area (Å²) in [6.07, 6.45) is 0. The molecule has 0 saturated carbocycles. The highest BCUT2D eigenvalue weighted by Crippen LogP contribution is 2.27. The van der Waals surface area contributed by atoms with E-state index in [1.807, 2.05) is 25.1 Å². The summed E-state index contributed by atoms with van der Waals surface area (Å²) in [6.45, 7) is 2.66. The first-order chi connectivity index (χ1) is 12.1. The largest absolute Gasteiger partial charge is 0.497 e. The first kappa shape index (κ1) is 18.4. The lowest BCUT2D eigenvalue weighted by Crippen LogP contribution is -2.28. The quantitative estimate of drug-likeness (QED) is 0.745. The Bertz CT molecular complexity index is 707. The monoisotopic (exact) mass is 345 g/mol. The first-order valence-corrected chi connectivity index (χ1v) is 7.86. The lowest BCUT2D eigenvalue weighted by Gasteiger charge is -2.12. The molecule has 0 unspecified atom stereocenters. The Kier molecular flexibility index (Phi) is 6.51. The van der Waals surface area contributed by atoms with Crippen LogP contribution in [0.3, 0.4) is 0 Å². The number of hydrogen-bond donors (Lipinski definition) is 1. The molecule has 0 heterocycles. The van der Waals surface area contributed by atoms with Gasteiger partial charge in [0.05, 0.1) is 27.9 Å². The van der Waals surface area contributed by atoms with Gasteiger partial charge in [-0.25, -0.2) is 0 Å². The Morgan fingerprint density at radius 2 is 1.60 bits per heavy atom. The SMILES string of the molecule is COc1cc(OC)cc(C(=O)NCCOc2ccc(C)cc2OC)c1. The van der Waals surface area contributed by atoms with E-state index < -0.39 is 0 Å². The predicted molar refractivity (Wildman–Crippen MR) is 95.1 cm³/mol. The van der Waals surface area contributed by atoms with Crippen LogP contribution in [0.25, 0.3) is 0 Å². The van der Waals surface area contributed by atoms with Gasteiger partial charge in [0.25, 0.3) is 5.91 Å². The minimum absolute atomic E-state index is 0.225. The third-order valence-corrected chi connectivity index (χ3v) is 3.58. The Morgan fingerprint density at radius 1 is 0.920 bits per heavy atom. The van der Waals surface area contributed by atoms with Crippen LogP contribution in [0.5, 0.6) is 23.0 Å². The average Bonchev–Trinajstić information content (AvgIpc) is 2.65. The molecule has 0 saturated heterocycles. The third kappa shape index (κ3) is 5.04. The molecular weight excluding hydrogens is 322 g/mol. The van der Waals surface area contributed by atoms with Crippen LogP contribution < -0.4 is 24.3 Å². The van der Waals surface area contributed by atoms with E-state index in [-0.39, 0.29) is 5.91 Å². The fourth-order valence-corrected chi connectivity index (χ4v) is 2.26. The molecule has 25 heavy (non-hydrogen) atoms. The van der Waals surface area contributed by atoms with Gasteiger partial charge in [-0.15, -0.1) is 0 Å². The molecule has 0 atom stereocenters. The first-order valence-electron chi connectivity index (χ1n) is 7.86. The topological polar surface area (TPSA) is 66.0 Å². The van der Waals surface area contributed by atoms with Crippen molar-refractivity contribution in [3.05, 3.63) is 47.5 Å². The predicted octanol–water partition coefficient (Wildman–Crippen LogP) is 2.83. The maximum absolute atomic E-state index is 12.3. The molecular formula is C19H23NO5. The Balaban J connectivity index is 1.91. The van der Waals surface area contributed by atoms with Crippen LogP contribution in [0, 0.1) is 6.92 Å². The van der Waals surface area contributed by atoms with E-state index in [9.17, 15) is 4.79 Å². The van der Waals surface area contributed by atoms with Gasteiger partial charge in [-0.2, -0.15) is 0 Å². The molecule has 2 rings (SSSR count). The number of hydrogen-bond acceptors (Lipinski definition) is 5. The van der Waals surface area contributed by atoms with Crippen LogP contribution in [-0.2, 0) is 0 Å². The van der Waals surface area contributed by atoms with Crippen molar-refractivity contribution in [1.29, 1.82) is 0 Å². The lowest BCUT2D eigenvalue weighted by atomic mass is 10.2. The fraction of sp³-hybridized carbons (Fsp3) is 0.316. The second-order valence-corrected chi connectivity index (χ2v) is 5.36. The molecule has 0 aliphatic rings. The zero-order valence-electron chi connectivity index (χ0n) is 14.9. The van der Waals surface area contributed by atoms with E-state index in [4.69, 9.17) is 18.9 Å². The molecule has 0 fully saturated rings. The van der Waals surface area contributed by atoms with Crippen molar-refractivity contribution in [3.63, 3.8) is 0 Å². The van der Waals surface area contributed by atoms with Crippen LogP contribution in [-0.4, -0.2) is 40.4 Å². The van der Waals surface area contributed by atoms with Gasteiger partial charge in [0.1, 0.15) is 18.1 Å². The number of methoxy groups -OCH3 is 3. The number of carbonyl (C=O) groups is 1. The van der Waals surface area contributed by atoms with Crippen LogP contribution >= 0.6 is 0 Å². The highest BCUT2D eigenvalue weighted by atomic mass is 16.5. The minimum atomic E-state index is -0.225. The van der Waals surface area contributed by atoms with E-state index in [0.717, 1.165) is 5.56 Å². The van der Waals surface area contributed by atoms with E-state index >= 15 is 0 Å². The number of rotatable bonds is 8. The highest BCUT2D eigenvalue weighted by Gasteiger charge is 2.10. The van der Waals surface area contributed by atoms with Crippen molar-refractivity contribution in [1.82, 2.24) is 5.32 Å². The molecule has 2 aromatic rings. The molecule has 0 aliphatic carbocycles. The van der Waals surface area contributed by atoms with Gasteiger partial charge in [-0.3, -0.25) is 4.79 Å². The van der Waals surface area contributed by atoms with Gasteiger partial charge in [0.2, 0.25) is 0 Å². The maximum atomic E-state index is 12.3. The van der Waals surface area contributed by atoms with Gasteiger partial charge in [0, 0.05) is 11.6 Å². The number of ether oxygens (including phenoxy) is 4. The molecule has 0 aromatic heterocycles. The molecule has 0 radical (unpaired) electrons. The molecule has 0 aliphatic heterocycles. The molecule has 134 valence electrons. The summed E-state index contributed by atoms with van der Waals surface area (Å²) in [5, 5.41) is 2.80. The molecule has 6 nitrogen and oxygen atoms in total. The maximum Gasteiger partial charge on any atom is 0.251 e. The average molecular weight is 345 g/mol. The minimum Gasteiger partial charge on any atom is -0.497 e. The van der Waals surface area contributed by atoms with Gasteiger partial charge in [-0.1, -0.05) is 6.07 Å². The zero-order valence-corrected chi connectivity index (χ0v) is 14.9. The summed E-state index contributed by atoms with van der Waals surface area (Å²) >= 11 is 0. The summed E-state index contributed by atoms with van der Waals surface area (Å²) in [4.78, 5) is 12.3. The van der Waals surface area contributed by atoms with E-state index in [1.165, 1.54) is 0 Å². The van der Waals surface area contributed by atoms with Crippen molar-refractivity contribution < 1.29 is 23.7 Å². The Hall–Kier alpha value is -2.89. The van der Waals surface area contributed by atoms with Crippen LogP contribution in [0.4, 0.5) is 0 Å². The summed E-state index contributed by atoms with van der Waals surface area (Å²) < 4.78 is 21.3. The second-order valence-electron chi connectivity index (χ2n) is 5.36. The van der Waals surface area contributed by atoms with Crippen LogP contribution in [0.15, 0.2) is 36.4 Å². The van der Waals surface area contributed by atoms with E-state index in [2.05, 4.69) is 5.32 Å². The van der Waals surface area contributed by atoms with Crippen molar-refractivity contribution in [2.45, 2.75) is 6.92 Å². The van der Waals surface area contributed by atoms with Crippen LogP contribution in [0.2, 0.25) is 0 Å². The molecule has 2 aromatic carbocycles. The van der Waals surface area contributed by atoms with Crippen molar-refractivity contribution in [3.8, 4) is 23.0 Å². The van der Waals surface area contributed by atoms with Gasteiger partial charge in [-0.05, 0) is 36.8 Å². The summed E-state index contributed by atoms with van der Waals surface area (Å²) in [6, 6.07) is 10.7. The Labute approximate surface area is 147 Å². The molecule has 1 N–H and O–H groups in total. The van der Waals surface area contributed by atoms with Crippen molar-refractivity contribution in [2.75, 3.05) is 34.5 Å². The van der Waals surface area contributed by atoms with E-state index in [0.29, 0.717) is 41.7 Å². The van der Waals surface area contributed by atoms with Crippen molar-refractivity contribution >= 4 is 5.91 Å². The smallest absolute Gasteiger partial charge is 0.251 e. The number of aryl methyl sites for hydroxylation is 1. The zero-order chi connectivity index (χ0) is 18.2. The standard InChI is InChI=1S/C19H23NO5/c1-13-5-6-17(18(9-13)24-4)25-8-7-20-19(21)14-10-15(22-2)12-16(11-14)23-3/h5-6,9-12H,7-8H2,1-4H3,(H,20,21). The van der Waals surface area contributed by atoms with E-state index in [1.54, 1.807) is 39.5 Å². The summed E-state index contributed by atoms with van der Waals surface area (Å²) in [5.41, 5.74) is 1.55. The second kappa shape index (κ2) is 8.82. The van der Waals surface area contributed by atoms with Gasteiger partial charge in [0.15, 0.2) is 11.5 Å². The molecule has 0 spiro atoms. The number of nitrogens with one attached hydrogen (secondary N) is 1. The van der Waals surface area contributed by atoms with Crippen molar-refractivity contribution in [2.24, 2.45) is 0 Å². The lowest BCUT2D eigenvalue weighted by molar-refractivity contribution is 0.0946.